The van der Waals surface area contributed by atoms with Crippen LogP contribution in [0.25, 0.3) is 11.3 Å². The number of fused-ring (bicyclic) bond motifs is 3. The zero-order valence-electron chi connectivity index (χ0n) is 16.7. The van der Waals surface area contributed by atoms with Crippen LogP contribution in [0.4, 0.5) is 0 Å². The predicted octanol–water partition coefficient (Wildman–Crippen LogP) is 5.32. The third-order valence-electron chi connectivity index (χ3n) is 5.84. The molecule has 0 bridgehead atoms. The average molecular weight is 372 g/mol. The quantitative estimate of drug-likeness (QED) is 0.526. The van der Waals surface area contributed by atoms with E-state index >= 15 is 0 Å². The first kappa shape index (κ1) is 18.5. The van der Waals surface area contributed by atoms with E-state index in [1.807, 2.05) is 0 Å². The Morgan fingerprint density at radius 2 is 1.96 bits per heavy atom. The van der Waals surface area contributed by atoms with E-state index in [1.54, 1.807) is 6.20 Å². The van der Waals surface area contributed by atoms with Crippen LogP contribution in [0.15, 0.2) is 61.3 Å². The zero-order valence-corrected chi connectivity index (χ0v) is 16.7. The molecule has 1 heterocycles. The summed E-state index contributed by atoms with van der Waals surface area (Å²) >= 11 is 0. The highest BCUT2D eigenvalue weighted by atomic mass is 15.1. The van der Waals surface area contributed by atoms with Crippen LogP contribution in [0.3, 0.4) is 0 Å². The van der Waals surface area contributed by atoms with Gasteiger partial charge >= 0.3 is 0 Å². The van der Waals surface area contributed by atoms with Crippen molar-refractivity contribution in [2.45, 2.75) is 44.9 Å². The van der Waals surface area contributed by atoms with Gasteiger partial charge in [0.25, 0.3) is 0 Å². The fourth-order valence-electron chi connectivity index (χ4n) is 4.33. The fourth-order valence-corrected chi connectivity index (χ4v) is 4.33. The minimum Gasteiger partial charge on any atom is -0.391 e. The van der Waals surface area contributed by atoms with Crippen molar-refractivity contribution in [1.29, 1.82) is 0 Å². The lowest BCUT2D eigenvalue weighted by atomic mass is 9.83. The molecule has 0 fully saturated rings. The molecule has 1 atom stereocenters. The fraction of sp³-hybridized carbons (Fsp3) is 0.320. The number of nitrogens with zero attached hydrogens (tertiary/aromatic N) is 1. The summed E-state index contributed by atoms with van der Waals surface area (Å²) in [6, 6.07) is 17.6. The highest BCUT2D eigenvalue weighted by molar-refractivity contribution is 5.70. The van der Waals surface area contributed by atoms with Gasteiger partial charge in [-0.3, -0.25) is 5.10 Å². The molecule has 4 rings (SSSR count). The maximum Gasteiger partial charge on any atom is 0.0958 e. The van der Waals surface area contributed by atoms with Crippen molar-refractivity contribution in [2.75, 3.05) is 6.54 Å². The van der Waals surface area contributed by atoms with E-state index in [0.717, 1.165) is 44.3 Å². The van der Waals surface area contributed by atoms with E-state index in [0.29, 0.717) is 5.92 Å². The normalized spacial score (nSPS) is 13.5. The molecule has 1 unspecified atom stereocenters. The van der Waals surface area contributed by atoms with Crippen LogP contribution in [-0.4, -0.2) is 16.7 Å². The van der Waals surface area contributed by atoms with Gasteiger partial charge in [-0.25, -0.2) is 0 Å². The van der Waals surface area contributed by atoms with Gasteiger partial charge in [0.15, 0.2) is 0 Å². The summed E-state index contributed by atoms with van der Waals surface area (Å²) in [4.78, 5) is 0. The van der Waals surface area contributed by atoms with Crippen LogP contribution >= 0.6 is 0 Å². The lowest BCUT2D eigenvalue weighted by Crippen LogP contribution is -2.13. The smallest absolute Gasteiger partial charge is 0.0958 e. The Morgan fingerprint density at radius 1 is 1.14 bits per heavy atom. The first-order valence-corrected chi connectivity index (χ1v) is 10.3. The van der Waals surface area contributed by atoms with Crippen LogP contribution < -0.4 is 5.32 Å². The van der Waals surface area contributed by atoms with Gasteiger partial charge in [0.1, 0.15) is 0 Å². The van der Waals surface area contributed by atoms with E-state index in [4.69, 9.17) is 5.10 Å². The second-order valence-electron chi connectivity index (χ2n) is 7.81. The molecule has 2 N–H and O–H groups in total. The molecule has 1 aliphatic carbocycles. The highest BCUT2D eigenvalue weighted by Gasteiger charge is 2.26. The summed E-state index contributed by atoms with van der Waals surface area (Å²) in [5, 5.41) is 11.4. The summed E-state index contributed by atoms with van der Waals surface area (Å²) in [6.07, 6.45) is 7.25. The van der Waals surface area contributed by atoms with Crippen molar-refractivity contribution in [2.24, 2.45) is 0 Å². The number of benzene rings is 2. The molecule has 1 aliphatic rings. The Labute approximate surface area is 167 Å². The molecule has 0 aliphatic heterocycles. The monoisotopic (exact) mass is 371 g/mol. The minimum atomic E-state index is 0.454. The van der Waals surface area contributed by atoms with E-state index in [9.17, 15) is 0 Å². The summed E-state index contributed by atoms with van der Waals surface area (Å²) in [7, 11) is 0. The summed E-state index contributed by atoms with van der Waals surface area (Å²) in [5.74, 6) is 0.454. The molecule has 0 spiro atoms. The van der Waals surface area contributed by atoms with Crippen molar-refractivity contribution < 1.29 is 0 Å². The van der Waals surface area contributed by atoms with Crippen LogP contribution in [0.1, 0.15) is 46.7 Å². The van der Waals surface area contributed by atoms with Crippen LogP contribution in [0.5, 0.6) is 0 Å². The van der Waals surface area contributed by atoms with E-state index in [2.05, 4.69) is 72.4 Å². The summed E-state index contributed by atoms with van der Waals surface area (Å²) in [6.45, 7) is 6.86. The summed E-state index contributed by atoms with van der Waals surface area (Å²) in [5.41, 5.74) is 9.34. The van der Waals surface area contributed by atoms with Gasteiger partial charge in [-0.05, 0) is 56.4 Å². The van der Waals surface area contributed by atoms with E-state index < -0.39 is 0 Å². The molecule has 0 saturated carbocycles. The van der Waals surface area contributed by atoms with Crippen LogP contribution in [-0.2, 0) is 19.3 Å². The Hall–Kier alpha value is -2.81. The Balaban J connectivity index is 1.62. The topological polar surface area (TPSA) is 40.7 Å². The number of nitrogens with one attached hydrogen (secondary N) is 2. The number of aromatic amines is 1. The van der Waals surface area contributed by atoms with Gasteiger partial charge in [0.2, 0.25) is 0 Å². The minimum absolute atomic E-state index is 0.454. The second kappa shape index (κ2) is 8.47. The predicted molar refractivity (Wildman–Crippen MR) is 116 cm³/mol. The van der Waals surface area contributed by atoms with Gasteiger partial charge in [-0.2, -0.15) is 5.10 Å². The summed E-state index contributed by atoms with van der Waals surface area (Å²) < 4.78 is 0. The van der Waals surface area contributed by atoms with Crippen molar-refractivity contribution in [3.63, 3.8) is 0 Å². The average Bonchev–Trinajstić information content (AvgIpc) is 3.16. The Morgan fingerprint density at radius 3 is 2.79 bits per heavy atom. The van der Waals surface area contributed by atoms with E-state index in [-0.39, 0.29) is 0 Å². The molecule has 144 valence electrons. The van der Waals surface area contributed by atoms with Gasteiger partial charge in [-0.1, -0.05) is 60.7 Å². The third kappa shape index (κ3) is 3.89. The number of aromatic nitrogens is 2. The van der Waals surface area contributed by atoms with Crippen molar-refractivity contribution in [3.8, 4) is 11.3 Å². The van der Waals surface area contributed by atoms with Crippen LogP contribution in [0, 0.1) is 6.92 Å². The molecule has 3 aromatic rings. The van der Waals surface area contributed by atoms with Crippen molar-refractivity contribution in [3.05, 3.63) is 89.3 Å². The maximum absolute atomic E-state index is 4.76. The van der Waals surface area contributed by atoms with Crippen molar-refractivity contribution >= 4 is 0 Å². The molecule has 0 amide bonds. The van der Waals surface area contributed by atoms with Gasteiger partial charge in [0.05, 0.1) is 5.69 Å². The Bertz CT molecular complexity index is 937. The first-order valence-electron chi connectivity index (χ1n) is 10.3. The standard InChI is InChI=1S/C25H29N3/c1-3-26-16-6-8-21(17-19-12-10-18(2)11-13-19)24-23-15-14-20-7-4-5-9-22(20)25(23)28-27-24/h3-5,7,9-13,21,26H,1,6,8,14-17H2,2H3,(H,27,28). The van der Waals surface area contributed by atoms with Crippen molar-refractivity contribution in [1.82, 2.24) is 15.5 Å². The molecule has 0 radical (unpaired) electrons. The van der Waals surface area contributed by atoms with Gasteiger partial charge < -0.3 is 5.32 Å². The molecule has 0 saturated heterocycles. The molecular weight excluding hydrogens is 342 g/mol. The molecule has 3 nitrogen and oxygen atoms in total. The Kier molecular flexibility index (Phi) is 5.61. The number of rotatable bonds is 8. The molecule has 28 heavy (non-hydrogen) atoms. The number of aryl methyl sites for hydroxylation is 2. The molecule has 1 aromatic heterocycles. The lowest BCUT2D eigenvalue weighted by Gasteiger charge is -2.21. The van der Waals surface area contributed by atoms with E-state index in [1.165, 1.54) is 33.5 Å². The first-order chi connectivity index (χ1) is 13.8. The number of hydrogen-bond donors (Lipinski definition) is 2. The number of H-pyrrole nitrogens is 1. The largest absolute Gasteiger partial charge is 0.391 e. The second-order valence-corrected chi connectivity index (χ2v) is 7.81. The SMILES string of the molecule is C=CNCCCC(Cc1ccc(C)cc1)c1[nH]nc2c1CCc1ccccc1-2. The van der Waals surface area contributed by atoms with Gasteiger partial charge in [-0.15, -0.1) is 0 Å². The molecular formula is C25H29N3. The third-order valence-corrected chi connectivity index (χ3v) is 5.84. The van der Waals surface area contributed by atoms with Crippen LogP contribution in [0.2, 0.25) is 0 Å². The number of hydrogen-bond acceptors (Lipinski definition) is 2. The highest BCUT2D eigenvalue weighted by Crippen LogP contribution is 2.37. The maximum atomic E-state index is 4.76. The lowest BCUT2D eigenvalue weighted by molar-refractivity contribution is 0.561. The zero-order chi connectivity index (χ0) is 19.3. The molecule has 2 aromatic carbocycles. The van der Waals surface area contributed by atoms with Gasteiger partial charge in [0, 0.05) is 29.3 Å². The molecule has 3 heteroatoms.